The van der Waals surface area contributed by atoms with Gasteiger partial charge in [-0.2, -0.15) is 18.4 Å². The van der Waals surface area contributed by atoms with Crippen LogP contribution in [0.25, 0.3) is 0 Å². The molecule has 0 bridgehead atoms. The number of rotatable bonds is 6. The lowest BCUT2D eigenvalue weighted by Crippen LogP contribution is -2.61. The first-order chi connectivity index (χ1) is 15.4. The number of hydrogen-bond donors (Lipinski definition) is 3. The molecule has 3 atom stereocenters. The third-order valence-corrected chi connectivity index (χ3v) is 6.60. The number of halogens is 3. The van der Waals surface area contributed by atoms with Gasteiger partial charge in [-0.1, -0.05) is 0 Å². The molecular formula is C23H29F3N6O. The summed E-state index contributed by atoms with van der Waals surface area (Å²) in [5.74, 6) is -1.31. The number of primary amides is 1. The summed E-state index contributed by atoms with van der Waals surface area (Å²) in [6.07, 6.45) is 0.436. The van der Waals surface area contributed by atoms with E-state index >= 15 is 0 Å². The van der Waals surface area contributed by atoms with Crippen molar-refractivity contribution in [3.05, 3.63) is 41.6 Å². The van der Waals surface area contributed by atoms with Crippen molar-refractivity contribution in [2.75, 3.05) is 6.54 Å². The number of alkyl halides is 3. The minimum atomic E-state index is -4.46. The van der Waals surface area contributed by atoms with E-state index in [0.29, 0.717) is 6.04 Å². The van der Waals surface area contributed by atoms with Crippen LogP contribution in [-0.4, -0.2) is 40.8 Å². The molecule has 0 radical (unpaired) electrons. The van der Waals surface area contributed by atoms with Gasteiger partial charge in [0.1, 0.15) is 5.84 Å². The molecule has 1 aromatic rings. The Kier molecular flexibility index (Phi) is 7.03. The molecule has 5 N–H and O–H groups in total. The Hall–Kier alpha value is -3.06. The van der Waals surface area contributed by atoms with Crippen molar-refractivity contribution in [2.45, 2.75) is 63.3 Å². The average Bonchev–Trinajstić information content (AvgIpc) is 2.73. The Balaban J connectivity index is 1.70. The highest BCUT2D eigenvalue weighted by Crippen LogP contribution is 2.38. The first-order valence-electron chi connectivity index (χ1n) is 10.9. The lowest BCUT2D eigenvalue weighted by atomic mass is 9.77. The van der Waals surface area contributed by atoms with Crippen LogP contribution in [-0.2, 0) is 11.0 Å². The second-order valence-corrected chi connectivity index (χ2v) is 9.20. The van der Waals surface area contributed by atoms with E-state index in [-0.39, 0.29) is 34.6 Å². The number of amides is 1. The number of nitrogens with zero attached hydrogens (tertiary/aromatic N) is 3. The van der Waals surface area contributed by atoms with Crippen LogP contribution >= 0.6 is 0 Å². The SMILES string of the molecule is CC1(C)CCN1[C@@H]1CC[C@H](N/C=C(/C(N)=O)C(N)=Nc2ccc(C(F)(F)F)cc2)[C@@H](C#N)C1. The van der Waals surface area contributed by atoms with Crippen LogP contribution in [0.1, 0.15) is 45.1 Å². The van der Waals surface area contributed by atoms with Crippen LogP contribution in [0.15, 0.2) is 41.0 Å². The summed E-state index contributed by atoms with van der Waals surface area (Å²) in [4.78, 5) is 18.4. The van der Waals surface area contributed by atoms with E-state index in [2.05, 4.69) is 35.1 Å². The zero-order valence-corrected chi connectivity index (χ0v) is 18.7. The Morgan fingerprint density at radius 2 is 1.94 bits per heavy atom. The highest BCUT2D eigenvalue weighted by Gasteiger charge is 2.43. The molecule has 1 saturated heterocycles. The number of benzene rings is 1. The molecule has 0 unspecified atom stereocenters. The molecule has 1 aliphatic carbocycles. The maximum atomic E-state index is 12.7. The van der Waals surface area contributed by atoms with E-state index in [0.717, 1.165) is 56.5 Å². The summed E-state index contributed by atoms with van der Waals surface area (Å²) in [7, 11) is 0. The molecule has 2 aliphatic rings. The topological polar surface area (TPSA) is 121 Å². The van der Waals surface area contributed by atoms with E-state index < -0.39 is 17.6 Å². The molecule has 2 fully saturated rings. The Labute approximate surface area is 191 Å². The highest BCUT2D eigenvalue weighted by molar-refractivity contribution is 6.20. The second-order valence-electron chi connectivity index (χ2n) is 9.20. The fraction of sp³-hybridized carbons (Fsp3) is 0.522. The van der Waals surface area contributed by atoms with Crippen LogP contribution in [0, 0.1) is 17.2 Å². The summed E-state index contributed by atoms with van der Waals surface area (Å²) in [5.41, 5.74) is 10.8. The summed E-state index contributed by atoms with van der Waals surface area (Å²) in [5, 5.41) is 12.8. The second kappa shape index (κ2) is 9.43. The Morgan fingerprint density at radius 3 is 2.42 bits per heavy atom. The van der Waals surface area contributed by atoms with Crippen molar-refractivity contribution in [1.82, 2.24) is 10.2 Å². The number of hydrogen-bond acceptors (Lipinski definition) is 5. The number of amidine groups is 1. The van der Waals surface area contributed by atoms with Gasteiger partial charge >= 0.3 is 6.18 Å². The van der Waals surface area contributed by atoms with Gasteiger partial charge in [0.05, 0.1) is 28.8 Å². The number of carbonyl (C=O) groups excluding carboxylic acids is 1. The van der Waals surface area contributed by atoms with Gasteiger partial charge in [-0.05, 0) is 63.8 Å². The van der Waals surface area contributed by atoms with E-state index in [1.54, 1.807) is 0 Å². The molecule has 1 aliphatic heterocycles. The van der Waals surface area contributed by atoms with Crippen molar-refractivity contribution < 1.29 is 18.0 Å². The zero-order chi connectivity index (χ0) is 24.4. The van der Waals surface area contributed by atoms with Gasteiger partial charge in [-0.3, -0.25) is 9.69 Å². The first kappa shape index (κ1) is 24.6. The molecule has 33 heavy (non-hydrogen) atoms. The van der Waals surface area contributed by atoms with Crippen LogP contribution in [0.2, 0.25) is 0 Å². The lowest BCUT2D eigenvalue weighted by Gasteiger charge is -2.54. The molecule has 0 spiro atoms. The van der Waals surface area contributed by atoms with Crippen molar-refractivity contribution in [3.8, 4) is 6.07 Å². The minimum Gasteiger partial charge on any atom is -0.386 e. The summed E-state index contributed by atoms with van der Waals surface area (Å²) in [6.45, 7) is 5.46. The third kappa shape index (κ3) is 5.66. The zero-order valence-electron chi connectivity index (χ0n) is 18.7. The summed E-state index contributed by atoms with van der Waals surface area (Å²) < 4.78 is 38.2. The van der Waals surface area contributed by atoms with Gasteiger partial charge in [-0.25, -0.2) is 4.99 Å². The van der Waals surface area contributed by atoms with Crippen LogP contribution in [0.3, 0.4) is 0 Å². The number of likely N-dealkylation sites (tertiary alicyclic amines) is 1. The number of nitrogens with one attached hydrogen (secondary N) is 1. The van der Waals surface area contributed by atoms with E-state index in [9.17, 15) is 23.2 Å². The molecule has 7 nitrogen and oxygen atoms in total. The van der Waals surface area contributed by atoms with Crippen LogP contribution in [0.5, 0.6) is 0 Å². The number of nitriles is 1. The summed E-state index contributed by atoms with van der Waals surface area (Å²) in [6, 6.07) is 6.62. The van der Waals surface area contributed by atoms with Gasteiger partial charge in [-0.15, -0.1) is 0 Å². The number of carbonyl (C=O) groups is 1. The Morgan fingerprint density at radius 1 is 1.27 bits per heavy atom. The first-order valence-corrected chi connectivity index (χ1v) is 10.9. The van der Waals surface area contributed by atoms with Gasteiger partial charge in [0.15, 0.2) is 0 Å². The van der Waals surface area contributed by atoms with Crippen molar-refractivity contribution >= 4 is 17.4 Å². The van der Waals surface area contributed by atoms with Gasteiger partial charge in [0.25, 0.3) is 5.91 Å². The van der Waals surface area contributed by atoms with Gasteiger partial charge < -0.3 is 16.8 Å². The van der Waals surface area contributed by atoms with Crippen LogP contribution < -0.4 is 16.8 Å². The maximum Gasteiger partial charge on any atom is 0.416 e. The molecule has 3 rings (SSSR count). The number of nitrogens with two attached hydrogens (primary N) is 2. The minimum absolute atomic E-state index is 0.0995. The maximum absolute atomic E-state index is 12.7. The van der Waals surface area contributed by atoms with E-state index in [4.69, 9.17) is 11.5 Å². The highest BCUT2D eigenvalue weighted by atomic mass is 19.4. The predicted octanol–water partition coefficient (Wildman–Crippen LogP) is 3.20. The molecule has 1 aromatic carbocycles. The molecule has 1 heterocycles. The smallest absolute Gasteiger partial charge is 0.386 e. The lowest BCUT2D eigenvalue weighted by molar-refractivity contribution is -0.137. The predicted molar refractivity (Wildman–Crippen MR) is 119 cm³/mol. The summed E-state index contributed by atoms with van der Waals surface area (Å²) >= 11 is 0. The third-order valence-electron chi connectivity index (χ3n) is 6.60. The van der Waals surface area contributed by atoms with Crippen LogP contribution in [0.4, 0.5) is 18.9 Å². The van der Waals surface area contributed by atoms with Crippen molar-refractivity contribution in [2.24, 2.45) is 22.4 Å². The monoisotopic (exact) mass is 462 g/mol. The Bertz CT molecular complexity index is 977. The molecule has 10 heteroatoms. The quantitative estimate of drug-likeness (QED) is 0.341. The van der Waals surface area contributed by atoms with E-state index in [1.165, 1.54) is 6.20 Å². The largest absolute Gasteiger partial charge is 0.416 e. The normalized spacial score (nSPS) is 26.2. The molecule has 1 saturated carbocycles. The van der Waals surface area contributed by atoms with Gasteiger partial charge in [0, 0.05) is 30.4 Å². The van der Waals surface area contributed by atoms with E-state index in [1.807, 2.05) is 0 Å². The standard InChI is InChI=1S/C23H29F3N6O/c1-22(2)9-10-32(22)17-7-8-19(14(11-17)12-27)30-13-18(21(29)33)20(28)31-16-5-3-15(4-6-16)23(24,25)26/h3-6,13-14,17,19,30H,7-11H2,1-2H3,(H2,28,31)(H2,29,33)/b18-13+/t14-,17-,19+/m1/s1. The fourth-order valence-electron chi connectivity index (χ4n) is 4.52. The molecular weight excluding hydrogens is 433 g/mol. The average molecular weight is 463 g/mol. The molecule has 178 valence electrons. The van der Waals surface area contributed by atoms with Crippen molar-refractivity contribution in [3.63, 3.8) is 0 Å². The molecule has 1 amide bonds. The van der Waals surface area contributed by atoms with Crippen molar-refractivity contribution in [1.29, 1.82) is 5.26 Å². The fourth-order valence-corrected chi connectivity index (χ4v) is 4.52. The molecule has 0 aromatic heterocycles. The number of aliphatic imine (C=N–C) groups is 1. The van der Waals surface area contributed by atoms with Gasteiger partial charge in [0.2, 0.25) is 0 Å².